The molecular formula is C13H6BrCl2FN2. The van der Waals surface area contributed by atoms with Gasteiger partial charge in [-0.2, -0.15) is 5.26 Å². The summed E-state index contributed by atoms with van der Waals surface area (Å²) in [6, 6.07) is 9.52. The second-order valence-electron chi connectivity index (χ2n) is 3.62. The topological polar surface area (TPSA) is 35.8 Å². The number of benzene rings is 2. The van der Waals surface area contributed by atoms with Crippen LogP contribution in [0.2, 0.25) is 10.0 Å². The Hall–Kier alpha value is -1.28. The van der Waals surface area contributed by atoms with Crippen molar-refractivity contribution in [3.63, 3.8) is 0 Å². The van der Waals surface area contributed by atoms with Crippen molar-refractivity contribution in [3.8, 4) is 6.07 Å². The quantitative estimate of drug-likeness (QED) is 0.717. The summed E-state index contributed by atoms with van der Waals surface area (Å²) in [5.74, 6) is -0.591. The normalized spacial score (nSPS) is 10.1. The lowest BCUT2D eigenvalue weighted by Gasteiger charge is -2.11. The second kappa shape index (κ2) is 5.79. The minimum Gasteiger partial charge on any atom is -0.353 e. The number of nitrogens with one attached hydrogen (secondary N) is 1. The highest BCUT2D eigenvalue weighted by molar-refractivity contribution is 9.10. The number of anilines is 2. The Morgan fingerprint density at radius 2 is 1.84 bits per heavy atom. The van der Waals surface area contributed by atoms with E-state index in [9.17, 15) is 4.39 Å². The summed E-state index contributed by atoms with van der Waals surface area (Å²) in [7, 11) is 0. The molecule has 0 saturated carbocycles. The molecule has 0 aromatic heterocycles. The van der Waals surface area contributed by atoms with Crippen LogP contribution >= 0.6 is 39.1 Å². The molecule has 0 aliphatic rings. The van der Waals surface area contributed by atoms with Gasteiger partial charge in [-0.05, 0) is 40.2 Å². The van der Waals surface area contributed by atoms with Crippen molar-refractivity contribution in [3.05, 3.63) is 56.2 Å². The highest BCUT2D eigenvalue weighted by Gasteiger charge is 2.12. The van der Waals surface area contributed by atoms with E-state index >= 15 is 0 Å². The van der Waals surface area contributed by atoms with E-state index in [-0.39, 0.29) is 5.56 Å². The summed E-state index contributed by atoms with van der Waals surface area (Å²) in [5.41, 5.74) is 0.761. The van der Waals surface area contributed by atoms with Gasteiger partial charge in [0.05, 0.1) is 21.4 Å². The predicted octanol–water partition coefficient (Wildman–Crippen LogP) is 5.51. The minimum atomic E-state index is -0.591. The largest absolute Gasteiger partial charge is 0.353 e. The maximum atomic E-state index is 13.5. The predicted molar refractivity (Wildman–Crippen MR) is 78.6 cm³/mol. The van der Waals surface area contributed by atoms with E-state index in [1.807, 2.05) is 0 Å². The van der Waals surface area contributed by atoms with E-state index in [1.54, 1.807) is 24.3 Å². The Bertz CT molecular complexity index is 683. The van der Waals surface area contributed by atoms with E-state index in [4.69, 9.17) is 28.5 Å². The van der Waals surface area contributed by atoms with Gasteiger partial charge in [-0.15, -0.1) is 0 Å². The van der Waals surface area contributed by atoms with Crippen molar-refractivity contribution >= 4 is 50.5 Å². The molecule has 2 aromatic carbocycles. The molecule has 0 aliphatic heterocycles. The Kier molecular flexibility index (Phi) is 4.31. The van der Waals surface area contributed by atoms with Crippen molar-refractivity contribution < 1.29 is 4.39 Å². The van der Waals surface area contributed by atoms with Crippen LogP contribution in [0.1, 0.15) is 5.56 Å². The van der Waals surface area contributed by atoms with Crippen LogP contribution in [0.3, 0.4) is 0 Å². The minimum absolute atomic E-state index is 0.0717. The molecule has 0 spiro atoms. The highest BCUT2D eigenvalue weighted by atomic mass is 79.9. The first-order valence-corrected chi connectivity index (χ1v) is 6.68. The molecule has 0 atom stereocenters. The first-order chi connectivity index (χ1) is 9.04. The first-order valence-electron chi connectivity index (χ1n) is 5.13. The molecular weight excluding hydrogens is 354 g/mol. The van der Waals surface area contributed by atoms with Gasteiger partial charge in [0.15, 0.2) is 0 Å². The van der Waals surface area contributed by atoms with Crippen LogP contribution < -0.4 is 5.32 Å². The molecule has 1 N–H and O–H groups in total. The maximum absolute atomic E-state index is 13.5. The third-order valence-electron chi connectivity index (χ3n) is 2.43. The Balaban J connectivity index is 2.46. The van der Waals surface area contributed by atoms with Gasteiger partial charge in [0, 0.05) is 4.47 Å². The summed E-state index contributed by atoms with van der Waals surface area (Å²) in [4.78, 5) is 0. The highest BCUT2D eigenvalue weighted by Crippen LogP contribution is 2.37. The zero-order chi connectivity index (χ0) is 14.0. The molecule has 0 amide bonds. The monoisotopic (exact) mass is 358 g/mol. The molecule has 6 heteroatoms. The number of rotatable bonds is 2. The van der Waals surface area contributed by atoms with E-state index in [1.165, 1.54) is 12.1 Å². The molecule has 0 fully saturated rings. The lowest BCUT2D eigenvalue weighted by Crippen LogP contribution is -1.97. The Morgan fingerprint density at radius 1 is 1.11 bits per heavy atom. The van der Waals surface area contributed by atoms with Gasteiger partial charge in [-0.1, -0.05) is 29.3 Å². The van der Waals surface area contributed by atoms with Crippen LogP contribution in [0, 0.1) is 17.1 Å². The number of halogens is 4. The molecule has 96 valence electrons. The number of hydrogen-bond acceptors (Lipinski definition) is 2. The third kappa shape index (κ3) is 2.84. The molecule has 0 aliphatic carbocycles. The number of nitrogens with zero attached hydrogens (tertiary/aromatic N) is 1. The van der Waals surface area contributed by atoms with Gasteiger partial charge in [0.2, 0.25) is 0 Å². The average Bonchev–Trinajstić information content (AvgIpc) is 2.40. The van der Waals surface area contributed by atoms with Crippen LogP contribution in [0.25, 0.3) is 0 Å². The smallest absolute Gasteiger partial charge is 0.143 e. The fourth-order valence-electron chi connectivity index (χ4n) is 1.51. The Labute approximate surface area is 127 Å². The lowest BCUT2D eigenvalue weighted by atomic mass is 10.1. The fraction of sp³-hybridized carbons (Fsp3) is 0. The molecule has 0 radical (unpaired) electrons. The summed E-state index contributed by atoms with van der Waals surface area (Å²) >= 11 is 15.3. The van der Waals surface area contributed by atoms with Crippen molar-refractivity contribution in [2.45, 2.75) is 0 Å². The zero-order valence-corrected chi connectivity index (χ0v) is 12.4. The molecule has 0 heterocycles. The van der Waals surface area contributed by atoms with Crippen LogP contribution in [-0.4, -0.2) is 0 Å². The van der Waals surface area contributed by atoms with E-state index in [0.717, 1.165) is 0 Å². The fourth-order valence-corrected chi connectivity index (χ4v) is 2.33. The molecule has 0 bridgehead atoms. The summed E-state index contributed by atoms with van der Waals surface area (Å²) in [5, 5.41) is 12.5. The van der Waals surface area contributed by atoms with Crippen molar-refractivity contribution in [2.24, 2.45) is 0 Å². The maximum Gasteiger partial charge on any atom is 0.143 e. The van der Waals surface area contributed by atoms with Crippen molar-refractivity contribution in [1.29, 1.82) is 5.26 Å². The van der Waals surface area contributed by atoms with E-state index in [0.29, 0.717) is 25.9 Å². The summed E-state index contributed by atoms with van der Waals surface area (Å²) in [6.07, 6.45) is 0. The Morgan fingerprint density at radius 3 is 2.53 bits per heavy atom. The van der Waals surface area contributed by atoms with Crippen LogP contribution in [-0.2, 0) is 0 Å². The van der Waals surface area contributed by atoms with Gasteiger partial charge >= 0.3 is 0 Å². The molecule has 2 rings (SSSR count). The molecule has 0 saturated heterocycles. The van der Waals surface area contributed by atoms with Gasteiger partial charge in [0.25, 0.3) is 0 Å². The third-order valence-corrected chi connectivity index (χ3v) is 4.20. The van der Waals surface area contributed by atoms with Gasteiger partial charge in [0.1, 0.15) is 17.4 Å². The van der Waals surface area contributed by atoms with Crippen LogP contribution in [0.5, 0.6) is 0 Å². The lowest BCUT2D eigenvalue weighted by molar-refractivity contribution is 0.624. The second-order valence-corrected chi connectivity index (χ2v) is 5.23. The van der Waals surface area contributed by atoms with Gasteiger partial charge in [-0.25, -0.2) is 4.39 Å². The average molecular weight is 360 g/mol. The summed E-state index contributed by atoms with van der Waals surface area (Å²) in [6.45, 7) is 0. The van der Waals surface area contributed by atoms with Crippen molar-refractivity contribution in [1.82, 2.24) is 0 Å². The van der Waals surface area contributed by atoms with Crippen LogP contribution in [0.15, 0.2) is 34.8 Å². The molecule has 19 heavy (non-hydrogen) atoms. The standard InChI is InChI=1S/C13H6BrCl2FN2/c14-8-4-5-11(13(16)12(8)15)19-10-3-1-2-9(17)7(10)6-18/h1-5,19H. The number of nitriles is 1. The zero-order valence-electron chi connectivity index (χ0n) is 9.35. The van der Waals surface area contributed by atoms with E-state index < -0.39 is 5.82 Å². The van der Waals surface area contributed by atoms with Gasteiger partial charge < -0.3 is 5.32 Å². The first kappa shape index (κ1) is 14.1. The SMILES string of the molecule is N#Cc1c(F)cccc1Nc1ccc(Br)c(Cl)c1Cl. The summed E-state index contributed by atoms with van der Waals surface area (Å²) < 4.78 is 14.1. The molecule has 2 nitrogen and oxygen atoms in total. The van der Waals surface area contributed by atoms with E-state index in [2.05, 4.69) is 21.2 Å². The van der Waals surface area contributed by atoms with Crippen molar-refractivity contribution in [2.75, 3.05) is 5.32 Å². The molecule has 0 unspecified atom stereocenters. The van der Waals surface area contributed by atoms with Crippen LogP contribution in [0.4, 0.5) is 15.8 Å². The van der Waals surface area contributed by atoms with Gasteiger partial charge in [-0.3, -0.25) is 0 Å². The number of hydrogen-bond donors (Lipinski definition) is 1. The molecule has 2 aromatic rings.